The summed E-state index contributed by atoms with van der Waals surface area (Å²) in [6.07, 6.45) is -0.0210. The lowest BCUT2D eigenvalue weighted by molar-refractivity contribution is -0.139. The molecule has 4 nitrogen and oxygen atoms in total. The summed E-state index contributed by atoms with van der Waals surface area (Å²) in [4.78, 5) is 16.6. The first-order chi connectivity index (χ1) is 12.6. The third kappa shape index (κ3) is 4.10. The summed E-state index contributed by atoms with van der Waals surface area (Å²) in [5, 5.41) is 0.489. The van der Waals surface area contributed by atoms with Crippen LogP contribution < -0.4 is 9.64 Å². The number of halogens is 2. The molecule has 1 aliphatic rings. The van der Waals surface area contributed by atoms with E-state index in [4.69, 9.17) is 16.3 Å². The summed E-state index contributed by atoms with van der Waals surface area (Å²) in [5.74, 6) is 0.223. The number of ether oxygens (including phenoxy) is 1. The van der Waals surface area contributed by atoms with E-state index in [1.165, 1.54) is 6.07 Å². The first-order valence-electron chi connectivity index (χ1n) is 8.79. The van der Waals surface area contributed by atoms with Crippen molar-refractivity contribution in [2.75, 3.05) is 31.1 Å². The fourth-order valence-corrected chi connectivity index (χ4v) is 3.26. The van der Waals surface area contributed by atoms with E-state index in [0.29, 0.717) is 49.1 Å². The quantitative estimate of drug-likeness (QED) is 0.791. The van der Waals surface area contributed by atoms with Crippen LogP contribution in [0.2, 0.25) is 5.02 Å². The van der Waals surface area contributed by atoms with Crippen molar-refractivity contribution in [2.45, 2.75) is 19.4 Å². The number of carbonyl (C=O) groups is 1. The molecule has 3 rings (SSSR count). The van der Waals surface area contributed by atoms with Crippen LogP contribution in [0.1, 0.15) is 13.3 Å². The van der Waals surface area contributed by atoms with Gasteiger partial charge in [0, 0.05) is 26.2 Å². The average Bonchev–Trinajstić information content (AvgIpc) is 2.67. The highest BCUT2D eigenvalue weighted by atomic mass is 35.5. The Morgan fingerprint density at radius 2 is 1.77 bits per heavy atom. The predicted octanol–water partition coefficient (Wildman–Crippen LogP) is 3.99. The maximum atomic E-state index is 13.9. The van der Waals surface area contributed by atoms with Gasteiger partial charge in [-0.05, 0) is 30.7 Å². The average molecular weight is 377 g/mol. The van der Waals surface area contributed by atoms with E-state index in [1.54, 1.807) is 29.2 Å². The SMILES string of the molecule is CC[C@@H](Oc1ccccc1Cl)C(=O)N1CCN(c2ccccc2F)CC1. The number of hydrogen-bond donors (Lipinski definition) is 0. The summed E-state index contributed by atoms with van der Waals surface area (Å²) in [6, 6.07) is 13.9. The van der Waals surface area contributed by atoms with E-state index in [1.807, 2.05) is 30.0 Å². The summed E-state index contributed by atoms with van der Waals surface area (Å²) >= 11 is 6.13. The highest BCUT2D eigenvalue weighted by Crippen LogP contribution is 2.26. The summed E-state index contributed by atoms with van der Waals surface area (Å²) in [5.41, 5.74) is 0.582. The van der Waals surface area contributed by atoms with Gasteiger partial charge < -0.3 is 14.5 Å². The molecule has 0 aliphatic carbocycles. The minimum absolute atomic E-state index is 0.0550. The topological polar surface area (TPSA) is 32.8 Å². The van der Waals surface area contributed by atoms with Gasteiger partial charge in [-0.2, -0.15) is 0 Å². The number of piperazine rings is 1. The largest absolute Gasteiger partial charge is 0.479 e. The van der Waals surface area contributed by atoms with E-state index in [9.17, 15) is 9.18 Å². The molecule has 0 N–H and O–H groups in total. The van der Waals surface area contributed by atoms with Crippen molar-refractivity contribution in [1.29, 1.82) is 0 Å². The monoisotopic (exact) mass is 376 g/mol. The van der Waals surface area contributed by atoms with Crippen LogP contribution in [0.3, 0.4) is 0 Å². The molecule has 1 aliphatic heterocycles. The van der Waals surface area contributed by atoms with Gasteiger partial charge in [0.05, 0.1) is 10.7 Å². The second-order valence-electron chi connectivity index (χ2n) is 6.21. The number of amides is 1. The Hall–Kier alpha value is -2.27. The number of carbonyl (C=O) groups excluding carboxylic acids is 1. The van der Waals surface area contributed by atoms with E-state index >= 15 is 0 Å². The number of rotatable bonds is 5. The van der Waals surface area contributed by atoms with E-state index < -0.39 is 6.10 Å². The Kier molecular flexibility index (Phi) is 5.99. The predicted molar refractivity (Wildman–Crippen MR) is 101 cm³/mol. The van der Waals surface area contributed by atoms with Crippen molar-refractivity contribution < 1.29 is 13.9 Å². The van der Waals surface area contributed by atoms with Crippen molar-refractivity contribution in [3.63, 3.8) is 0 Å². The van der Waals surface area contributed by atoms with Gasteiger partial charge in [-0.1, -0.05) is 42.8 Å². The number of nitrogens with zero attached hydrogens (tertiary/aromatic N) is 2. The Morgan fingerprint density at radius 1 is 1.12 bits per heavy atom. The molecule has 0 spiro atoms. The molecule has 0 saturated carbocycles. The van der Waals surface area contributed by atoms with Crippen LogP contribution in [0.15, 0.2) is 48.5 Å². The fraction of sp³-hybridized carbons (Fsp3) is 0.350. The Bertz CT molecular complexity index is 763. The molecule has 1 fully saturated rings. The van der Waals surface area contributed by atoms with E-state index in [2.05, 4.69) is 0 Å². The molecule has 1 saturated heterocycles. The zero-order valence-electron chi connectivity index (χ0n) is 14.7. The third-order valence-electron chi connectivity index (χ3n) is 4.54. The Morgan fingerprint density at radius 3 is 2.42 bits per heavy atom. The highest BCUT2D eigenvalue weighted by molar-refractivity contribution is 6.32. The van der Waals surface area contributed by atoms with Crippen LogP contribution >= 0.6 is 11.6 Å². The lowest BCUT2D eigenvalue weighted by Gasteiger charge is -2.37. The fourth-order valence-electron chi connectivity index (χ4n) is 3.08. The van der Waals surface area contributed by atoms with Crippen molar-refractivity contribution in [3.05, 3.63) is 59.4 Å². The number of anilines is 1. The van der Waals surface area contributed by atoms with Crippen LogP contribution in [0.5, 0.6) is 5.75 Å². The van der Waals surface area contributed by atoms with Crippen LogP contribution in [0, 0.1) is 5.82 Å². The van der Waals surface area contributed by atoms with Gasteiger partial charge in [-0.15, -0.1) is 0 Å². The normalized spacial score (nSPS) is 15.7. The second-order valence-corrected chi connectivity index (χ2v) is 6.62. The van der Waals surface area contributed by atoms with Gasteiger partial charge in [0.25, 0.3) is 5.91 Å². The van der Waals surface area contributed by atoms with Gasteiger partial charge in [-0.25, -0.2) is 4.39 Å². The standard InChI is InChI=1S/C20H22ClFN2O2/c1-2-18(26-19-10-6-3-7-15(19)21)20(25)24-13-11-23(12-14-24)17-9-5-4-8-16(17)22/h3-10,18H,2,11-14H2,1H3/t18-/m1/s1. The number of hydrogen-bond acceptors (Lipinski definition) is 3. The molecule has 138 valence electrons. The van der Waals surface area contributed by atoms with Crippen molar-refractivity contribution >= 4 is 23.2 Å². The molecular weight excluding hydrogens is 355 g/mol. The number of benzene rings is 2. The molecule has 1 atom stereocenters. The number of para-hydroxylation sites is 2. The molecule has 2 aromatic carbocycles. The van der Waals surface area contributed by atoms with E-state index in [-0.39, 0.29) is 11.7 Å². The van der Waals surface area contributed by atoms with Crippen LogP contribution in [0.4, 0.5) is 10.1 Å². The van der Waals surface area contributed by atoms with Gasteiger partial charge in [0.2, 0.25) is 0 Å². The van der Waals surface area contributed by atoms with Crippen LogP contribution in [-0.4, -0.2) is 43.1 Å². The third-order valence-corrected chi connectivity index (χ3v) is 4.85. The maximum Gasteiger partial charge on any atom is 0.263 e. The van der Waals surface area contributed by atoms with Crippen molar-refractivity contribution in [1.82, 2.24) is 4.90 Å². The van der Waals surface area contributed by atoms with Crippen LogP contribution in [-0.2, 0) is 4.79 Å². The molecule has 0 bridgehead atoms. The summed E-state index contributed by atoms with van der Waals surface area (Å²) in [7, 11) is 0. The van der Waals surface area contributed by atoms with Gasteiger partial charge in [0.1, 0.15) is 11.6 Å². The highest BCUT2D eigenvalue weighted by Gasteiger charge is 2.28. The summed E-state index contributed by atoms with van der Waals surface area (Å²) in [6.45, 7) is 4.17. The molecule has 0 radical (unpaired) electrons. The van der Waals surface area contributed by atoms with Gasteiger partial charge in [0.15, 0.2) is 6.10 Å². The van der Waals surface area contributed by atoms with Crippen LogP contribution in [0.25, 0.3) is 0 Å². The minimum atomic E-state index is -0.574. The molecule has 0 aromatic heterocycles. The Labute approximate surface area is 158 Å². The molecule has 1 amide bonds. The zero-order chi connectivity index (χ0) is 18.5. The minimum Gasteiger partial charge on any atom is -0.479 e. The molecule has 0 unspecified atom stereocenters. The maximum absolute atomic E-state index is 13.9. The second kappa shape index (κ2) is 8.41. The van der Waals surface area contributed by atoms with E-state index in [0.717, 1.165) is 0 Å². The van der Waals surface area contributed by atoms with Crippen molar-refractivity contribution in [2.24, 2.45) is 0 Å². The van der Waals surface area contributed by atoms with Crippen molar-refractivity contribution in [3.8, 4) is 5.75 Å². The summed E-state index contributed by atoms with van der Waals surface area (Å²) < 4.78 is 19.8. The Balaban J connectivity index is 1.62. The smallest absolute Gasteiger partial charge is 0.263 e. The lowest BCUT2D eigenvalue weighted by Crippen LogP contribution is -2.52. The first kappa shape index (κ1) is 18.5. The molecular formula is C20H22ClFN2O2. The molecule has 6 heteroatoms. The molecule has 2 aromatic rings. The zero-order valence-corrected chi connectivity index (χ0v) is 15.5. The molecule has 26 heavy (non-hydrogen) atoms. The first-order valence-corrected chi connectivity index (χ1v) is 9.17. The molecule has 1 heterocycles. The van der Waals surface area contributed by atoms with Gasteiger partial charge in [-0.3, -0.25) is 4.79 Å². The van der Waals surface area contributed by atoms with Gasteiger partial charge >= 0.3 is 0 Å². The lowest BCUT2D eigenvalue weighted by atomic mass is 10.2.